The molecule has 0 saturated heterocycles. The summed E-state index contributed by atoms with van der Waals surface area (Å²) in [6, 6.07) is 9.88. The molecule has 0 aliphatic carbocycles. The van der Waals surface area contributed by atoms with Crippen molar-refractivity contribution in [1.29, 1.82) is 0 Å². The normalized spacial score (nSPS) is 10.8. The fourth-order valence-corrected chi connectivity index (χ4v) is 2.27. The van der Waals surface area contributed by atoms with Gasteiger partial charge in [0.15, 0.2) is 0 Å². The lowest BCUT2D eigenvalue weighted by atomic mass is 10.3. The van der Waals surface area contributed by atoms with Crippen LogP contribution in [0.1, 0.15) is 17.1 Å². The Hall–Kier alpha value is -2.63. The van der Waals surface area contributed by atoms with Gasteiger partial charge in [0.1, 0.15) is 5.69 Å². The second-order valence-electron chi connectivity index (χ2n) is 4.98. The molecule has 0 radical (unpaired) electrons. The van der Waals surface area contributed by atoms with Gasteiger partial charge in [0.25, 0.3) is 0 Å². The zero-order valence-corrected chi connectivity index (χ0v) is 12.4. The van der Waals surface area contributed by atoms with E-state index in [1.807, 2.05) is 55.9 Å². The van der Waals surface area contributed by atoms with Crippen LogP contribution >= 0.6 is 0 Å². The predicted octanol–water partition coefficient (Wildman–Crippen LogP) is 2.23. The Kier molecular flexibility index (Phi) is 3.43. The van der Waals surface area contributed by atoms with Gasteiger partial charge in [-0.3, -0.25) is 4.68 Å². The summed E-state index contributed by atoms with van der Waals surface area (Å²) < 4.78 is 1.87. The van der Waals surface area contributed by atoms with Gasteiger partial charge >= 0.3 is 0 Å². The molecule has 2 heterocycles. The van der Waals surface area contributed by atoms with Gasteiger partial charge in [-0.1, -0.05) is 18.2 Å². The van der Waals surface area contributed by atoms with Crippen LogP contribution in [0.2, 0.25) is 0 Å². The van der Waals surface area contributed by atoms with E-state index >= 15 is 0 Å². The first-order valence-electron chi connectivity index (χ1n) is 6.86. The van der Waals surface area contributed by atoms with E-state index in [-0.39, 0.29) is 0 Å². The first-order chi connectivity index (χ1) is 10.1. The molecule has 0 amide bonds. The van der Waals surface area contributed by atoms with Gasteiger partial charge < -0.3 is 5.32 Å². The maximum atomic E-state index is 4.48. The highest BCUT2D eigenvalue weighted by Crippen LogP contribution is 2.18. The second kappa shape index (κ2) is 5.40. The van der Waals surface area contributed by atoms with Crippen LogP contribution in [0.4, 0.5) is 5.69 Å². The average molecular weight is 282 g/mol. The summed E-state index contributed by atoms with van der Waals surface area (Å²) in [7, 11) is 1.94. The van der Waals surface area contributed by atoms with Gasteiger partial charge in [-0.05, 0) is 26.0 Å². The van der Waals surface area contributed by atoms with E-state index in [1.165, 1.54) is 0 Å². The third-order valence-electron chi connectivity index (χ3n) is 3.48. The number of anilines is 1. The topological polar surface area (TPSA) is 60.6 Å². The van der Waals surface area contributed by atoms with Crippen molar-refractivity contribution in [1.82, 2.24) is 24.8 Å². The molecule has 0 aliphatic rings. The summed E-state index contributed by atoms with van der Waals surface area (Å²) in [6.45, 7) is 4.67. The Morgan fingerprint density at radius 1 is 1.10 bits per heavy atom. The SMILES string of the molecule is Cc1nn(C)c(C)c1NCc1cnn(-c2ccccc2)n1. The fourth-order valence-electron chi connectivity index (χ4n) is 2.27. The van der Waals surface area contributed by atoms with E-state index in [0.717, 1.165) is 28.5 Å². The van der Waals surface area contributed by atoms with Crippen LogP contribution < -0.4 is 5.32 Å². The lowest BCUT2D eigenvalue weighted by Gasteiger charge is -2.04. The van der Waals surface area contributed by atoms with Crippen molar-refractivity contribution in [3.05, 3.63) is 53.6 Å². The highest BCUT2D eigenvalue weighted by molar-refractivity contribution is 5.52. The summed E-state index contributed by atoms with van der Waals surface area (Å²) in [5.74, 6) is 0. The van der Waals surface area contributed by atoms with Crippen molar-refractivity contribution in [3.8, 4) is 5.69 Å². The molecule has 1 aromatic carbocycles. The average Bonchev–Trinajstić information content (AvgIpc) is 3.05. The Labute approximate surface area is 123 Å². The van der Waals surface area contributed by atoms with Crippen molar-refractivity contribution in [2.24, 2.45) is 7.05 Å². The van der Waals surface area contributed by atoms with E-state index in [1.54, 1.807) is 11.0 Å². The Morgan fingerprint density at radius 3 is 2.52 bits per heavy atom. The Bertz CT molecular complexity index is 741. The molecule has 6 heteroatoms. The maximum absolute atomic E-state index is 4.48. The molecule has 6 nitrogen and oxygen atoms in total. The van der Waals surface area contributed by atoms with E-state index in [4.69, 9.17) is 0 Å². The summed E-state index contributed by atoms with van der Waals surface area (Å²) in [5, 5.41) is 16.5. The first kappa shape index (κ1) is 13.4. The van der Waals surface area contributed by atoms with Gasteiger partial charge in [0, 0.05) is 7.05 Å². The number of para-hydroxylation sites is 1. The first-order valence-corrected chi connectivity index (χ1v) is 6.86. The summed E-state index contributed by atoms with van der Waals surface area (Å²) in [6.07, 6.45) is 1.78. The predicted molar refractivity (Wildman–Crippen MR) is 81.4 cm³/mol. The number of aromatic nitrogens is 5. The third-order valence-corrected chi connectivity index (χ3v) is 3.48. The molecule has 2 aromatic heterocycles. The highest BCUT2D eigenvalue weighted by atomic mass is 15.5. The molecule has 108 valence electrons. The number of nitrogens with one attached hydrogen (secondary N) is 1. The van der Waals surface area contributed by atoms with Crippen LogP contribution in [-0.4, -0.2) is 24.8 Å². The minimum Gasteiger partial charge on any atom is -0.376 e. The molecule has 0 spiro atoms. The minimum absolute atomic E-state index is 0.625. The molecular formula is C15H18N6. The van der Waals surface area contributed by atoms with Crippen LogP contribution in [0.3, 0.4) is 0 Å². The second-order valence-corrected chi connectivity index (χ2v) is 4.98. The minimum atomic E-state index is 0.625. The number of aryl methyl sites for hydroxylation is 2. The van der Waals surface area contributed by atoms with E-state index < -0.39 is 0 Å². The summed E-state index contributed by atoms with van der Waals surface area (Å²) in [5.41, 5.74) is 5.01. The number of rotatable bonds is 4. The zero-order chi connectivity index (χ0) is 14.8. The van der Waals surface area contributed by atoms with Crippen LogP contribution in [0.5, 0.6) is 0 Å². The monoisotopic (exact) mass is 282 g/mol. The molecule has 0 saturated carbocycles. The van der Waals surface area contributed by atoms with Gasteiger partial charge in [-0.2, -0.15) is 20.1 Å². The Balaban J connectivity index is 1.73. The summed E-state index contributed by atoms with van der Waals surface area (Å²) in [4.78, 5) is 1.64. The molecule has 21 heavy (non-hydrogen) atoms. The van der Waals surface area contributed by atoms with Crippen LogP contribution in [-0.2, 0) is 13.6 Å². The molecule has 0 aliphatic heterocycles. The fraction of sp³-hybridized carbons (Fsp3) is 0.267. The largest absolute Gasteiger partial charge is 0.376 e. The molecule has 0 fully saturated rings. The van der Waals surface area contributed by atoms with E-state index in [9.17, 15) is 0 Å². The molecule has 3 aromatic rings. The summed E-state index contributed by atoms with van der Waals surface area (Å²) >= 11 is 0. The molecule has 3 rings (SSSR count). The zero-order valence-electron chi connectivity index (χ0n) is 12.4. The number of nitrogens with zero attached hydrogens (tertiary/aromatic N) is 5. The third kappa shape index (κ3) is 2.65. The van der Waals surface area contributed by atoms with Gasteiger partial charge in [0.05, 0.1) is 35.5 Å². The molecule has 0 atom stereocenters. The molecule has 0 unspecified atom stereocenters. The van der Waals surface area contributed by atoms with Crippen molar-refractivity contribution < 1.29 is 0 Å². The number of hydrogen-bond acceptors (Lipinski definition) is 4. The van der Waals surface area contributed by atoms with E-state index in [0.29, 0.717) is 6.54 Å². The van der Waals surface area contributed by atoms with Crippen molar-refractivity contribution in [3.63, 3.8) is 0 Å². The van der Waals surface area contributed by atoms with Crippen molar-refractivity contribution >= 4 is 5.69 Å². The maximum Gasteiger partial charge on any atom is 0.102 e. The highest BCUT2D eigenvalue weighted by Gasteiger charge is 2.09. The van der Waals surface area contributed by atoms with Gasteiger partial charge in [0.2, 0.25) is 0 Å². The van der Waals surface area contributed by atoms with Gasteiger partial charge in [-0.15, -0.1) is 0 Å². The lowest BCUT2D eigenvalue weighted by Crippen LogP contribution is -2.04. The molecule has 0 bridgehead atoms. The van der Waals surface area contributed by atoms with E-state index in [2.05, 4.69) is 20.6 Å². The molecular weight excluding hydrogens is 264 g/mol. The van der Waals surface area contributed by atoms with Crippen molar-refractivity contribution in [2.45, 2.75) is 20.4 Å². The Morgan fingerprint density at radius 2 is 1.86 bits per heavy atom. The lowest BCUT2D eigenvalue weighted by molar-refractivity contribution is 0.731. The van der Waals surface area contributed by atoms with Gasteiger partial charge in [-0.25, -0.2) is 0 Å². The standard InChI is InChI=1S/C15H18N6/c1-11-15(12(2)20(3)18-11)16-9-13-10-17-21(19-13)14-7-5-4-6-8-14/h4-8,10,16H,9H2,1-3H3. The smallest absolute Gasteiger partial charge is 0.102 e. The number of hydrogen-bond donors (Lipinski definition) is 1. The van der Waals surface area contributed by atoms with Crippen molar-refractivity contribution in [2.75, 3.05) is 5.32 Å². The van der Waals surface area contributed by atoms with Crippen LogP contribution in [0, 0.1) is 13.8 Å². The van der Waals surface area contributed by atoms with Crippen LogP contribution in [0.15, 0.2) is 36.5 Å². The quantitative estimate of drug-likeness (QED) is 0.797. The van der Waals surface area contributed by atoms with Crippen LogP contribution in [0.25, 0.3) is 5.69 Å². The molecule has 1 N–H and O–H groups in total. The number of benzene rings is 1.